The molecule has 9 heteroatoms. The van der Waals surface area contributed by atoms with Gasteiger partial charge in [0.2, 0.25) is 0 Å². The number of allylic oxidation sites excluding steroid dienone is 2. The van der Waals surface area contributed by atoms with E-state index in [9.17, 15) is 28.1 Å². The van der Waals surface area contributed by atoms with Crippen molar-refractivity contribution in [2.24, 2.45) is 0 Å². The molecule has 1 aliphatic carbocycles. The first-order chi connectivity index (χ1) is 15.3. The number of nitro benzene ring substituents is 1. The lowest BCUT2D eigenvalue weighted by Gasteiger charge is -2.35. The van der Waals surface area contributed by atoms with E-state index in [-0.39, 0.29) is 11.3 Å². The summed E-state index contributed by atoms with van der Waals surface area (Å²) < 4.78 is 41.1. The van der Waals surface area contributed by atoms with Crippen LogP contribution in [-0.2, 0) is 11.0 Å². The second kappa shape index (κ2) is 7.15. The molecule has 1 aromatic heterocycles. The molecule has 6 nitrogen and oxygen atoms in total. The Hall–Kier alpha value is -3.75. The summed E-state index contributed by atoms with van der Waals surface area (Å²) in [4.78, 5) is 27.5. The fourth-order valence-electron chi connectivity index (χ4n) is 4.68. The molecule has 2 aromatic carbocycles. The fraction of sp³-hybridized carbons (Fsp3) is 0.217. The highest BCUT2D eigenvalue weighted by atomic mass is 19.4. The minimum absolute atomic E-state index is 0.137. The van der Waals surface area contributed by atoms with Crippen molar-refractivity contribution in [2.45, 2.75) is 31.4 Å². The van der Waals surface area contributed by atoms with Gasteiger partial charge in [0, 0.05) is 46.9 Å². The monoisotopic (exact) mass is 439 g/mol. The molecular formula is C23H16F3N3O3. The number of nitrogens with one attached hydrogen (secondary N) is 1. The van der Waals surface area contributed by atoms with E-state index in [1.54, 1.807) is 18.3 Å². The van der Waals surface area contributed by atoms with Crippen LogP contribution in [0.2, 0.25) is 0 Å². The molecule has 3 aromatic rings. The highest BCUT2D eigenvalue weighted by molar-refractivity contribution is 6.03. The predicted octanol–water partition coefficient (Wildman–Crippen LogP) is 5.73. The van der Waals surface area contributed by atoms with Crippen LogP contribution in [0.25, 0.3) is 10.9 Å². The van der Waals surface area contributed by atoms with Gasteiger partial charge in [-0.1, -0.05) is 12.1 Å². The second-order valence-corrected chi connectivity index (χ2v) is 7.86. The van der Waals surface area contributed by atoms with Crippen LogP contribution in [0.15, 0.2) is 59.9 Å². The van der Waals surface area contributed by atoms with E-state index in [0.717, 1.165) is 12.1 Å². The lowest BCUT2D eigenvalue weighted by molar-refractivity contribution is -0.388. The summed E-state index contributed by atoms with van der Waals surface area (Å²) >= 11 is 0. The van der Waals surface area contributed by atoms with Gasteiger partial charge in [-0.25, -0.2) is 0 Å². The first kappa shape index (κ1) is 20.2. The van der Waals surface area contributed by atoms with Crippen LogP contribution in [0, 0.1) is 10.1 Å². The molecule has 0 radical (unpaired) electrons. The molecule has 0 fully saturated rings. The maximum absolute atomic E-state index is 13.7. The smallest absolute Gasteiger partial charge is 0.358 e. The molecule has 0 saturated carbocycles. The first-order valence-electron chi connectivity index (χ1n) is 10.0. The number of aromatic nitrogens is 1. The van der Waals surface area contributed by atoms with Gasteiger partial charge in [-0.05, 0) is 48.2 Å². The number of carbonyl (C=O) groups is 1. The number of alkyl halides is 3. The highest BCUT2D eigenvalue weighted by Crippen LogP contribution is 2.49. The number of carbonyl (C=O) groups excluding carboxylic acids is 1. The van der Waals surface area contributed by atoms with Gasteiger partial charge in [-0.15, -0.1) is 0 Å². The van der Waals surface area contributed by atoms with Crippen molar-refractivity contribution in [2.75, 3.05) is 5.32 Å². The molecular weight excluding hydrogens is 423 g/mol. The molecule has 1 N–H and O–H groups in total. The number of anilines is 1. The maximum atomic E-state index is 13.7. The predicted molar refractivity (Wildman–Crippen MR) is 111 cm³/mol. The maximum Gasteiger partial charge on any atom is 0.423 e. The van der Waals surface area contributed by atoms with Crippen LogP contribution >= 0.6 is 0 Å². The van der Waals surface area contributed by atoms with E-state index in [4.69, 9.17) is 0 Å². The van der Waals surface area contributed by atoms with Crippen LogP contribution in [0.1, 0.15) is 41.9 Å². The molecule has 0 bridgehead atoms. The molecule has 32 heavy (non-hydrogen) atoms. The SMILES string of the molecule is O=C1CCCC2=C1C(c1ccc([N+](=O)[O-])c(C(F)(F)F)c1)c1c(ccc3ncccc13)N2. The Morgan fingerprint density at radius 3 is 2.69 bits per heavy atom. The molecule has 0 saturated heterocycles. The van der Waals surface area contributed by atoms with Gasteiger partial charge < -0.3 is 5.32 Å². The topological polar surface area (TPSA) is 85.1 Å². The second-order valence-electron chi connectivity index (χ2n) is 7.86. The van der Waals surface area contributed by atoms with E-state index in [2.05, 4.69) is 10.3 Å². The van der Waals surface area contributed by atoms with Gasteiger partial charge in [0.05, 0.1) is 10.4 Å². The lowest BCUT2D eigenvalue weighted by Crippen LogP contribution is -2.27. The number of hydrogen-bond acceptors (Lipinski definition) is 5. The molecule has 1 unspecified atom stereocenters. The third kappa shape index (κ3) is 3.12. The van der Waals surface area contributed by atoms with Gasteiger partial charge in [0.15, 0.2) is 5.78 Å². The summed E-state index contributed by atoms with van der Waals surface area (Å²) in [7, 11) is 0. The molecule has 0 amide bonds. The number of ketones is 1. The van der Waals surface area contributed by atoms with E-state index in [1.807, 2.05) is 12.1 Å². The standard InChI is InChI=1S/C23H16F3N3O3/c24-23(25,26)14-11-12(6-9-18(14)29(31)32)20-21-13-3-2-10-27-15(13)7-8-17(21)28-16-4-1-5-19(30)22(16)20/h2-3,6-11,20,28H,1,4-5H2. The van der Waals surface area contributed by atoms with Crippen LogP contribution in [0.5, 0.6) is 0 Å². The molecule has 1 aliphatic heterocycles. The number of hydrogen-bond donors (Lipinski definition) is 1. The Bertz CT molecular complexity index is 1330. The zero-order valence-corrected chi connectivity index (χ0v) is 16.6. The van der Waals surface area contributed by atoms with Crippen molar-refractivity contribution in [3.05, 3.63) is 86.7 Å². The lowest BCUT2D eigenvalue weighted by atomic mass is 9.74. The number of fused-ring (bicyclic) bond motifs is 3. The summed E-state index contributed by atoms with van der Waals surface area (Å²) in [5.74, 6) is -0.925. The number of nitro groups is 1. The normalized spacial score (nSPS) is 18.2. The summed E-state index contributed by atoms with van der Waals surface area (Å²) in [5.41, 5.74) is 0.925. The first-order valence-corrected chi connectivity index (χ1v) is 10.0. The van der Waals surface area contributed by atoms with Crippen molar-refractivity contribution in [1.82, 2.24) is 4.98 Å². The average molecular weight is 439 g/mol. The van der Waals surface area contributed by atoms with Crippen molar-refractivity contribution < 1.29 is 22.9 Å². The van der Waals surface area contributed by atoms with Crippen molar-refractivity contribution in [1.29, 1.82) is 0 Å². The Morgan fingerprint density at radius 2 is 1.94 bits per heavy atom. The minimum atomic E-state index is -4.91. The van der Waals surface area contributed by atoms with Crippen molar-refractivity contribution in [3.63, 3.8) is 0 Å². The van der Waals surface area contributed by atoms with E-state index in [0.29, 0.717) is 52.7 Å². The third-order valence-electron chi connectivity index (χ3n) is 6.00. The van der Waals surface area contributed by atoms with Crippen LogP contribution in [0.3, 0.4) is 0 Å². The molecule has 5 rings (SSSR count). The van der Waals surface area contributed by atoms with Crippen LogP contribution in [-0.4, -0.2) is 15.7 Å². The third-order valence-corrected chi connectivity index (χ3v) is 6.00. The largest absolute Gasteiger partial charge is 0.423 e. The number of pyridine rings is 1. The van der Waals surface area contributed by atoms with E-state index in [1.165, 1.54) is 6.07 Å². The van der Waals surface area contributed by atoms with Crippen molar-refractivity contribution in [3.8, 4) is 0 Å². The Kier molecular flexibility index (Phi) is 4.51. The van der Waals surface area contributed by atoms with Crippen molar-refractivity contribution >= 4 is 28.1 Å². The van der Waals surface area contributed by atoms with Crippen LogP contribution < -0.4 is 5.32 Å². The summed E-state index contributed by atoms with van der Waals surface area (Å²) in [5, 5.41) is 15.2. The van der Waals surface area contributed by atoms with Gasteiger partial charge in [0.25, 0.3) is 5.69 Å². The van der Waals surface area contributed by atoms with Gasteiger partial charge in [-0.2, -0.15) is 13.2 Å². The molecule has 1 atom stereocenters. The summed E-state index contributed by atoms with van der Waals surface area (Å²) in [6.07, 6.45) is -1.75. The molecule has 162 valence electrons. The Balaban J connectivity index is 1.82. The number of halogens is 3. The molecule has 2 aliphatic rings. The molecule has 0 spiro atoms. The zero-order chi connectivity index (χ0) is 22.6. The Labute approximate surface area is 179 Å². The number of rotatable bonds is 2. The van der Waals surface area contributed by atoms with Gasteiger partial charge in [-0.3, -0.25) is 19.9 Å². The quantitative estimate of drug-likeness (QED) is 0.407. The van der Waals surface area contributed by atoms with Gasteiger partial charge >= 0.3 is 6.18 Å². The number of benzene rings is 2. The minimum Gasteiger partial charge on any atom is -0.358 e. The van der Waals surface area contributed by atoms with E-state index < -0.39 is 28.3 Å². The molecule has 2 heterocycles. The fourth-order valence-corrected chi connectivity index (χ4v) is 4.68. The summed E-state index contributed by atoms with van der Waals surface area (Å²) in [6, 6.07) is 10.1. The summed E-state index contributed by atoms with van der Waals surface area (Å²) in [6.45, 7) is 0. The van der Waals surface area contributed by atoms with Crippen LogP contribution in [0.4, 0.5) is 24.5 Å². The average Bonchev–Trinajstić information content (AvgIpc) is 2.76. The Morgan fingerprint density at radius 1 is 1.12 bits per heavy atom. The zero-order valence-electron chi connectivity index (χ0n) is 16.6. The number of Topliss-reactive ketones (excluding diaryl/α,β-unsaturated/α-hetero) is 1. The van der Waals surface area contributed by atoms with Gasteiger partial charge in [0.1, 0.15) is 5.56 Å². The highest BCUT2D eigenvalue weighted by Gasteiger charge is 2.41. The van der Waals surface area contributed by atoms with E-state index >= 15 is 0 Å². The number of nitrogens with zero attached hydrogens (tertiary/aromatic N) is 2.